The fourth-order valence-electron chi connectivity index (χ4n) is 2.78. The first-order valence-electron chi connectivity index (χ1n) is 6.98. The van der Waals surface area contributed by atoms with Crippen LogP contribution in [0.3, 0.4) is 0 Å². The lowest BCUT2D eigenvalue weighted by molar-refractivity contribution is 0.188. The van der Waals surface area contributed by atoms with Crippen LogP contribution in [0.2, 0.25) is 0 Å². The number of hydrogen-bond donors (Lipinski definition) is 1. The Balaban J connectivity index is 1.97. The van der Waals surface area contributed by atoms with Gasteiger partial charge in [0.2, 0.25) is 0 Å². The molecule has 1 aromatic rings. The van der Waals surface area contributed by atoms with Gasteiger partial charge in [-0.15, -0.1) is 0 Å². The van der Waals surface area contributed by atoms with Crippen molar-refractivity contribution in [1.29, 1.82) is 0 Å². The lowest BCUT2D eigenvalue weighted by Crippen LogP contribution is -2.34. The highest BCUT2D eigenvalue weighted by Gasteiger charge is 2.22. The van der Waals surface area contributed by atoms with E-state index in [0.29, 0.717) is 6.04 Å². The first-order chi connectivity index (χ1) is 8.79. The highest BCUT2D eigenvalue weighted by molar-refractivity contribution is 5.16. The molecule has 0 radical (unpaired) electrons. The second kappa shape index (κ2) is 6.86. The Hall–Kier alpha value is -0.930. The van der Waals surface area contributed by atoms with Crippen LogP contribution < -0.4 is 5.73 Å². The van der Waals surface area contributed by atoms with Gasteiger partial charge in [0.25, 0.3) is 0 Å². The van der Waals surface area contributed by atoms with Gasteiger partial charge in [-0.3, -0.25) is 4.90 Å². The van der Waals surface area contributed by atoms with Crippen LogP contribution in [0.4, 0.5) is 4.39 Å². The Bertz CT molecular complexity index is 344. The first kappa shape index (κ1) is 13.5. The molecule has 1 aliphatic carbocycles. The molecule has 3 heteroatoms. The minimum Gasteiger partial charge on any atom is -0.330 e. The minimum absolute atomic E-state index is 0.159. The van der Waals surface area contributed by atoms with Crippen LogP contribution in [0.5, 0.6) is 0 Å². The third kappa shape index (κ3) is 3.79. The molecule has 2 nitrogen and oxygen atoms in total. The number of rotatable bonds is 6. The van der Waals surface area contributed by atoms with Gasteiger partial charge < -0.3 is 5.73 Å². The van der Waals surface area contributed by atoms with Gasteiger partial charge in [0.15, 0.2) is 0 Å². The van der Waals surface area contributed by atoms with E-state index in [1.807, 2.05) is 12.1 Å². The summed E-state index contributed by atoms with van der Waals surface area (Å²) < 4.78 is 12.9. The van der Waals surface area contributed by atoms with E-state index < -0.39 is 0 Å². The predicted molar refractivity (Wildman–Crippen MR) is 72.7 cm³/mol. The number of nitrogens with zero attached hydrogens (tertiary/aromatic N) is 1. The van der Waals surface area contributed by atoms with Crippen LogP contribution in [-0.2, 0) is 6.54 Å². The normalized spacial score (nSPS) is 16.6. The molecule has 1 fully saturated rings. The molecule has 2 N–H and O–H groups in total. The number of nitrogens with two attached hydrogens (primary N) is 1. The molecule has 0 spiro atoms. The zero-order chi connectivity index (χ0) is 12.8. The molecule has 100 valence electrons. The summed E-state index contributed by atoms with van der Waals surface area (Å²) in [5.74, 6) is -0.159. The highest BCUT2D eigenvalue weighted by atomic mass is 19.1. The summed E-state index contributed by atoms with van der Waals surface area (Å²) in [5.41, 5.74) is 6.81. The minimum atomic E-state index is -0.159. The first-order valence-corrected chi connectivity index (χ1v) is 6.98. The third-order valence-corrected chi connectivity index (χ3v) is 3.79. The van der Waals surface area contributed by atoms with Gasteiger partial charge in [0, 0.05) is 12.6 Å². The van der Waals surface area contributed by atoms with Crippen LogP contribution in [0, 0.1) is 5.82 Å². The summed E-state index contributed by atoms with van der Waals surface area (Å²) in [7, 11) is 0. The molecule has 1 aliphatic rings. The standard InChI is InChI=1S/C15H23FN2/c16-14-8-6-13(7-9-14)12-18(11-3-10-17)15-4-1-2-5-15/h6-9,15H,1-5,10-12,17H2. The van der Waals surface area contributed by atoms with Crippen molar-refractivity contribution < 1.29 is 4.39 Å². The summed E-state index contributed by atoms with van der Waals surface area (Å²) >= 11 is 0. The van der Waals surface area contributed by atoms with Crippen LogP contribution in [0.1, 0.15) is 37.7 Å². The predicted octanol–water partition coefficient (Wildman–Crippen LogP) is 2.92. The number of hydrogen-bond acceptors (Lipinski definition) is 2. The van der Waals surface area contributed by atoms with Crippen molar-refractivity contribution in [3.05, 3.63) is 35.6 Å². The van der Waals surface area contributed by atoms with Crippen molar-refractivity contribution in [2.45, 2.75) is 44.7 Å². The molecule has 0 atom stereocenters. The molecular formula is C15H23FN2. The molecule has 0 aliphatic heterocycles. The van der Waals surface area contributed by atoms with E-state index in [-0.39, 0.29) is 5.82 Å². The van der Waals surface area contributed by atoms with E-state index in [9.17, 15) is 4.39 Å². The van der Waals surface area contributed by atoms with Crippen molar-refractivity contribution in [2.24, 2.45) is 5.73 Å². The Kier molecular flexibility index (Phi) is 5.14. The largest absolute Gasteiger partial charge is 0.330 e. The third-order valence-electron chi connectivity index (χ3n) is 3.79. The topological polar surface area (TPSA) is 29.3 Å². The Morgan fingerprint density at radius 3 is 2.44 bits per heavy atom. The summed E-state index contributed by atoms with van der Waals surface area (Å²) in [5, 5.41) is 0. The fourth-order valence-corrected chi connectivity index (χ4v) is 2.78. The van der Waals surface area contributed by atoms with Gasteiger partial charge >= 0.3 is 0 Å². The molecule has 0 saturated heterocycles. The van der Waals surface area contributed by atoms with Gasteiger partial charge in [-0.1, -0.05) is 25.0 Å². The lowest BCUT2D eigenvalue weighted by Gasteiger charge is -2.28. The van der Waals surface area contributed by atoms with Gasteiger partial charge in [-0.2, -0.15) is 0 Å². The van der Waals surface area contributed by atoms with E-state index in [1.165, 1.54) is 31.2 Å². The lowest BCUT2D eigenvalue weighted by atomic mass is 10.1. The van der Waals surface area contributed by atoms with E-state index in [4.69, 9.17) is 5.73 Å². The molecule has 0 amide bonds. The summed E-state index contributed by atoms with van der Waals surface area (Å²) in [4.78, 5) is 2.52. The van der Waals surface area contributed by atoms with Crippen molar-refractivity contribution in [3.8, 4) is 0 Å². The summed E-state index contributed by atoms with van der Waals surface area (Å²) in [6.45, 7) is 2.72. The average Bonchev–Trinajstić information content (AvgIpc) is 2.90. The highest BCUT2D eigenvalue weighted by Crippen LogP contribution is 2.25. The Morgan fingerprint density at radius 2 is 1.83 bits per heavy atom. The van der Waals surface area contributed by atoms with E-state index in [0.717, 1.165) is 26.1 Å². The van der Waals surface area contributed by atoms with Crippen LogP contribution in [0.15, 0.2) is 24.3 Å². The maximum Gasteiger partial charge on any atom is 0.123 e. The van der Waals surface area contributed by atoms with E-state index >= 15 is 0 Å². The van der Waals surface area contributed by atoms with Gasteiger partial charge in [-0.25, -0.2) is 4.39 Å². The van der Waals surface area contributed by atoms with Gasteiger partial charge in [0.1, 0.15) is 5.82 Å². The molecular weight excluding hydrogens is 227 g/mol. The zero-order valence-corrected chi connectivity index (χ0v) is 10.9. The molecule has 1 aromatic carbocycles. The van der Waals surface area contributed by atoms with E-state index in [2.05, 4.69) is 4.90 Å². The van der Waals surface area contributed by atoms with Crippen molar-refractivity contribution in [1.82, 2.24) is 4.90 Å². The number of halogens is 1. The molecule has 0 bridgehead atoms. The average molecular weight is 250 g/mol. The van der Waals surface area contributed by atoms with Crippen molar-refractivity contribution in [3.63, 3.8) is 0 Å². The van der Waals surface area contributed by atoms with E-state index in [1.54, 1.807) is 12.1 Å². The summed E-state index contributed by atoms with van der Waals surface area (Å²) in [6.07, 6.45) is 6.32. The van der Waals surface area contributed by atoms with Crippen molar-refractivity contribution >= 4 is 0 Å². The smallest absolute Gasteiger partial charge is 0.123 e. The molecule has 0 aromatic heterocycles. The van der Waals surface area contributed by atoms with Gasteiger partial charge in [-0.05, 0) is 50.0 Å². The fraction of sp³-hybridized carbons (Fsp3) is 0.600. The van der Waals surface area contributed by atoms with Crippen LogP contribution >= 0.6 is 0 Å². The molecule has 18 heavy (non-hydrogen) atoms. The monoisotopic (exact) mass is 250 g/mol. The zero-order valence-electron chi connectivity index (χ0n) is 10.9. The van der Waals surface area contributed by atoms with Crippen LogP contribution in [0.25, 0.3) is 0 Å². The Labute approximate surface area is 109 Å². The maximum absolute atomic E-state index is 12.9. The molecule has 0 unspecified atom stereocenters. The molecule has 1 saturated carbocycles. The van der Waals surface area contributed by atoms with Crippen molar-refractivity contribution in [2.75, 3.05) is 13.1 Å². The maximum atomic E-state index is 12.9. The number of benzene rings is 1. The van der Waals surface area contributed by atoms with Crippen LogP contribution in [-0.4, -0.2) is 24.0 Å². The second-order valence-electron chi connectivity index (χ2n) is 5.18. The summed E-state index contributed by atoms with van der Waals surface area (Å²) in [6, 6.07) is 7.57. The molecule has 2 rings (SSSR count). The quantitative estimate of drug-likeness (QED) is 0.841. The van der Waals surface area contributed by atoms with Gasteiger partial charge in [0.05, 0.1) is 0 Å². The second-order valence-corrected chi connectivity index (χ2v) is 5.18. The molecule has 0 heterocycles. The Morgan fingerprint density at radius 1 is 1.17 bits per heavy atom. The SMILES string of the molecule is NCCCN(Cc1ccc(F)cc1)C1CCCC1.